The van der Waals surface area contributed by atoms with Crippen LogP contribution in [0, 0.1) is 19.8 Å². The highest BCUT2D eigenvalue weighted by molar-refractivity contribution is 5.66. The zero-order chi connectivity index (χ0) is 13.9. The van der Waals surface area contributed by atoms with Gasteiger partial charge in [0.05, 0.1) is 6.20 Å². The molecule has 0 aliphatic carbocycles. The molecule has 0 saturated carbocycles. The first kappa shape index (κ1) is 13.4. The number of hydrogen-bond donors (Lipinski definition) is 1. The Kier molecular flexibility index (Phi) is 3.88. The van der Waals surface area contributed by atoms with Crippen molar-refractivity contribution < 1.29 is 0 Å². The summed E-state index contributed by atoms with van der Waals surface area (Å²) in [5, 5.41) is 8.01. The summed E-state index contributed by atoms with van der Waals surface area (Å²) < 4.78 is 2.10. The Bertz CT molecular complexity index is 580. The molecule has 3 rings (SSSR count). The van der Waals surface area contributed by atoms with Crippen LogP contribution in [-0.2, 0) is 6.54 Å². The van der Waals surface area contributed by atoms with E-state index in [-0.39, 0.29) is 0 Å². The molecule has 1 N–H and O–H groups in total. The van der Waals surface area contributed by atoms with Crippen LogP contribution in [0.3, 0.4) is 0 Å². The molecule has 106 valence electrons. The molecule has 2 aromatic rings. The third-order valence-corrected chi connectivity index (χ3v) is 4.17. The topological polar surface area (TPSA) is 29.9 Å². The van der Waals surface area contributed by atoms with E-state index in [0.717, 1.165) is 19.0 Å². The average Bonchev–Trinajstić information content (AvgIpc) is 2.88. The van der Waals surface area contributed by atoms with Crippen molar-refractivity contribution in [2.24, 2.45) is 5.92 Å². The van der Waals surface area contributed by atoms with Crippen LogP contribution >= 0.6 is 0 Å². The highest BCUT2D eigenvalue weighted by Gasteiger charge is 2.14. The minimum atomic E-state index is 0.718. The highest BCUT2D eigenvalue weighted by Crippen LogP contribution is 2.24. The summed E-state index contributed by atoms with van der Waals surface area (Å²) in [6.45, 7) is 7.63. The van der Waals surface area contributed by atoms with E-state index in [2.05, 4.69) is 53.3 Å². The smallest absolute Gasteiger partial charge is 0.0568 e. The monoisotopic (exact) mass is 269 g/mol. The first-order valence-electron chi connectivity index (χ1n) is 7.53. The van der Waals surface area contributed by atoms with Crippen molar-refractivity contribution in [1.29, 1.82) is 0 Å². The van der Waals surface area contributed by atoms with Crippen LogP contribution < -0.4 is 5.32 Å². The van der Waals surface area contributed by atoms with Crippen LogP contribution in [-0.4, -0.2) is 22.9 Å². The Morgan fingerprint density at radius 2 is 2.25 bits per heavy atom. The lowest BCUT2D eigenvalue weighted by molar-refractivity contribution is 0.325. The van der Waals surface area contributed by atoms with E-state index in [1.54, 1.807) is 0 Å². The predicted octanol–water partition coefficient (Wildman–Crippen LogP) is 3.17. The molecule has 1 saturated heterocycles. The fourth-order valence-electron chi connectivity index (χ4n) is 3.08. The zero-order valence-corrected chi connectivity index (χ0v) is 12.4. The summed E-state index contributed by atoms with van der Waals surface area (Å²) in [4.78, 5) is 0. The van der Waals surface area contributed by atoms with Gasteiger partial charge in [-0.3, -0.25) is 4.68 Å². The van der Waals surface area contributed by atoms with E-state index < -0.39 is 0 Å². The van der Waals surface area contributed by atoms with Crippen molar-refractivity contribution in [1.82, 2.24) is 15.1 Å². The van der Waals surface area contributed by atoms with Crippen molar-refractivity contribution in [2.75, 3.05) is 13.1 Å². The van der Waals surface area contributed by atoms with Crippen molar-refractivity contribution in [2.45, 2.75) is 33.2 Å². The van der Waals surface area contributed by atoms with Gasteiger partial charge in [-0.25, -0.2) is 0 Å². The first-order chi connectivity index (χ1) is 9.72. The standard InChI is InChI=1S/C17H23N3/c1-13-5-6-17(14(2)8-13)16-10-19-20(12-16)11-15-4-3-7-18-9-15/h5-6,8,10,12,15,18H,3-4,7,9,11H2,1-2H3. The largest absolute Gasteiger partial charge is 0.316 e. The number of benzene rings is 1. The minimum absolute atomic E-state index is 0.718. The molecule has 1 aromatic heterocycles. The Balaban J connectivity index is 1.75. The normalized spacial score (nSPS) is 19.2. The molecular formula is C17H23N3. The van der Waals surface area contributed by atoms with Gasteiger partial charge in [-0.05, 0) is 56.8 Å². The number of hydrogen-bond acceptors (Lipinski definition) is 2. The molecule has 20 heavy (non-hydrogen) atoms. The summed E-state index contributed by atoms with van der Waals surface area (Å²) in [7, 11) is 0. The van der Waals surface area contributed by atoms with Crippen molar-refractivity contribution in [3.8, 4) is 11.1 Å². The van der Waals surface area contributed by atoms with Gasteiger partial charge in [0.15, 0.2) is 0 Å². The van der Waals surface area contributed by atoms with Crippen molar-refractivity contribution in [3.05, 3.63) is 41.7 Å². The van der Waals surface area contributed by atoms with Gasteiger partial charge in [0.25, 0.3) is 0 Å². The van der Waals surface area contributed by atoms with E-state index >= 15 is 0 Å². The number of aryl methyl sites for hydroxylation is 2. The molecule has 0 bridgehead atoms. The van der Waals surface area contributed by atoms with Crippen LogP contribution in [0.4, 0.5) is 0 Å². The van der Waals surface area contributed by atoms with Crippen LogP contribution in [0.5, 0.6) is 0 Å². The lowest BCUT2D eigenvalue weighted by Gasteiger charge is -2.22. The van der Waals surface area contributed by atoms with Gasteiger partial charge in [0, 0.05) is 18.3 Å². The molecule has 1 aromatic carbocycles. The minimum Gasteiger partial charge on any atom is -0.316 e. The predicted molar refractivity (Wildman–Crippen MR) is 82.7 cm³/mol. The van der Waals surface area contributed by atoms with Gasteiger partial charge in [-0.2, -0.15) is 5.10 Å². The third kappa shape index (κ3) is 2.93. The van der Waals surface area contributed by atoms with Crippen molar-refractivity contribution in [3.63, 3.8) is 0 Å². The fraction of sp³-hybridized carbons (Fsp3) is 0.471. The third-order valence-electron chi connectivity index (χ3n) is 4.17. The Morgan fingerprint density at radius 3 is 3.00 bits per heavy atom. The molecule has 0 radical (unpaired) electrons. The second-order valence-electron chi connectivity index (χ2n) is 5.98. The maximum atomic E-state index is 4.54. The number of piperidine rings is 1. The second-order valence-corrected chi connectivity index (χ2v) is 5.98. The van der Waals surface area contributed by atoms with E-state index in [9.17, 15) is 0 Å². The molecule has 1 aliphatic rings. The molecule has 1 aliphatic heterocycles. The average molecular weight is 269 g/mol. The lowest BCUT2D eigenvalue weighted by Crippen LogP contribution is -2.32. The van der Waals surface area contributed by atoms with Gasteiger partial charge in [-0.1, -0.05) is 23.8 Å². The highest BCUT2D eigenvalue weighted by atomic mass is 15.3. The lowest BCUT2D eigenvalue weighted by atomic mass is 10.00. The van der Waals surface area contributed by atoms with E-state index in [1.165, 1.54) is 41.6 Å². The molecule has 1 unspecified atom stereocenters. The summed E-state index contributed by atoms with van der Waals surface area (Å²) >= 11 is 0. The molecule has 0 amide bonds. The quantitative estimate of drug-likeness (QED) is 0.927. The summed E-state index contributed by atoms with van der Waals surface area (Å²) in [5.41, 5.74) is 5.16. The fourth-order valence-corrected chi connectivity index (χ4v) is 3.08. The van der Waals surface area contributed by atoms with E-state index in [0.29, 0.717) is 0 Å². The van der Waals surface area contributed by atoms with Crippen LogP contribution in [0.1, 0.15) is 24.0 Å². The molecule has 1 atom stereocenters. The summed E-state index contributed by atoms with van der Waals surface area (Å²) in [6, 6.07) is 6.61. The first-order valence-corrected chi connectivity index (χ1v) is 7.53. The van der Waals surface area contributed by atoms with Crippen molar-refractivity contribution >= 4 is 0 Å². The second kappa shape index (κ2) is 5.80. The number of nitrogens with zero attached hydrogens (tertiary/aromatic N) is 2. The number of aromatic nitrogens is 2. The van der Waals surface area contributed by atoms with Crippen LogP contribution in [0.2, 0.25) is 0 Å². The summed E-state index contributed by atoms with van der Waals surface area (Å²) in [6.07, 6.45) is 6.78. The Labute approximate surface area is 121 Å². The van der Waals surface area contributed by atoms with E-state index in [4.69, 9.17) is 0 Å². The molecule has 3 heteroatoms. The maximum absolute atomic E-state index is 4.54. The molecule has 2 heterocycles. The number of rotatable bonds is 3. The van der Waals surface area contributed by atoms with Gasteiger partial charge in [0.1, 0.15) is 0 Å². The van der Waals surface area contributed by atoms with Gasteiger partial charge >= 0.3 is 0 Å². The SMILES string of the molecule is Cc1ccc(-c2cnn(CC3CCCNC3)c2)c(C)c1. The Hall–Kier alpha value is -1.61. The Morgan fingerprint density at radius 1 is 1.35 bits per heavy atom. The maximum Gasteiger partial charge on any atom is 0.0568 e. The molecule has 3 nitrogen and oxygen atoms in total. The molecular weight excluding hydrogens is 246 g/mol. The van der Waals surface area contributed by atoms with Gasteiger partial charge in [-0.15, -0.1) is 0 Å². The zero-order valence-electron chi connectivity index (χ0n) is 12.4. The molecule has 1 fully saturated rings. The van der Waals surface area contributed by atoms with E-state index in [1.807, 2.05) is 6.20 Å². The summed E-state index contributed by atoms with van der Waals surface area (Å²) in [5.74, 6) is 0.718. The molecule has 0 spiro atoms. The van der Waals surface area contributed by atoms with Gasteiger partial charge < -0.3 is 5.32 Å². The number of nitrogens with one attached hydrogen (secondary N) is 1. The van der Waals surface area contributed by atoms with Crippen LogP contribution in [0.15, 0.2) is 30.6 Å². The van der Waals surface area contributed by atoms with Gasteiger partial charge in [0.2, 0.25) is 0 Å². The van der Waals surface area contributed by atoms with Crippen LogP contribution in [0.25, 0.3) is 11.1 Å².